The number of rotatable bonds is 4. The number of pyridine rings is 1. The Balaban J connectivity index is 0.00000242. The zero-order valence-electron chi connectivity index (χ0n) is 13.1. The summed E-state index contributed by atoms with van der Waals surface area (Å²) in [6.45, 7) is 8.35. The molecule has 1 heterocycles. The Morgan fingerprint density at radius 2 is 2.00 bits per heavy atom. The molecule has 0 aliphatic carbocycles. The standard InChI is InChI=1S/C17H23N3O.2H2/c1-5-12(4)18-17(21)20-16-9-7-14-10-13(11(2)3)6-8-15(14)19-16;;/h6-12H,5H2,1-4H3,(H2,18,19,20,21);2*1H. The van der Waals surface area contributed by atoms with Crippen molar-refractivity contribution < 1.29 is 7.65 Å². The van der Waals surface area contributed by atoms with E-state index in [0.29, 0.717) is 11.7 Å². The topological polar surface area (TPSA) is 54.0 Å². The minimum atomic E-state index is -0.213. The molecule has 21 heavy (non-hydrogen) atoms. The fourth-order valence-electron chi connectivity index (χ4n) is 2.05. The predicted molar refractivity (Wildman–Crippen MR) is 92.0 cm³/mol. The maximum atomic E-state index is 11.8. The van der Waals surface area contributed by atoms with Gasteiger partial charge in [0.2, 0.25) is 0 Å². The van der Waals surface area contributed by atoms with Crippen molar-refractivity contribution in [3.63, 3.8) is 0 Å². The van der Waals surface area contributed by atoms with Crippen LogP contribution in [0.1, 0.15) is 48.5 Å². The van der Waals surface area contributed by atoms with Gasteiger partial charge >= 0.3 is 6.03 Å². The molecule has 2 aromatic rings. The number of anilines is 1. The summed E-state index contributed by atoms with van der Waals surface area (Å²) in [5.41, 5.74) is 2.18. The van der Waals surface area contributed by atoms with Gasteiger partial charge in [-0.15, -0.1) is 0 Å². The van der Waals surface area contributed by atoms with Gasteiger partial charge in [-0.2, -0.15) is 0 Å². The summed E-state index contributed by atoms with van der Waals surface area (Å²) >= 11 is 0. The first kappa shape index (κ1) is 15.3. The number of benzene rings is 1. The molecule has 1 aromatic heterocycles. The van der Waals surface area contributed by atoms with E-state index in [4.69, 9.17) is 0 Å². The van der Waals surface area contributed by atoms with E-state index < -0.39 is 0 Å². The maximum absolute atomic E-state index is 11.8. The van der Waals surface area contributed by atoms with Crippen molar-refractivity contribution in [2.24, 2.45) is 0 Å². The molecule has 4 nitrogen and oxygen atoms in total. The number of hydrogen-bond acceptors (Lipinski definition) is 2. The number of nitrogens with zero attached hydrogens (tertiary/aromatic N) is 1. The van der Waals surface area contributed by atoms with Crippen LogP contribution < -0.4 is 10.6 Å². The largest absolute Gasteiger partial charge is 0.335 e. The lowest BCUT2D eigenvalue weighted by Crippen LogP contribution is -2.35. The molecule has 0 fully saturated rings. The van der Waals surface area contributed by atoms with E-state index in [1.807, 2.05) is 32.0 Å². The molecule has 0 saturated carbocycles. The maximum Gasteiger partial charge on any atom is 0.320 e. The monoisotopic (exact) mass is 289 g/mol. The summed E-state index contributed by atoms with van der Waals surface area (Å²) in [4.78, 5) is 16.3. The fraction of sp³-hybridized carbons (Fsp3) is 0.412. The van der Waals surface area contributed by atoms with Gasteiger partial charge in [-0.1, -0.05) is 26.8 Å². The van der Waals surface area contributed by atoms with Crippen LogP contribution in [0.2, 0.25) is 0 Å². The van der Waals surface area contributed by atoms with Crippen LogP contribution in [-0.4, -0.2) is 17.1 Å². The molecule has 2 N–H and O–H groups in total. The third kappa shape index (κ3) is 3.94. The van der Waals surface area contributed by atoms with Crippen molar-refractivity contribution in [3.05, 3.63) is 35.9 Å². The van der Waals surface area contributed by atoms with Crippen molar-refractivity contribution in [1.29, 1.82) is 0 Å². The third-order valence-corrected chi connectivity index (χ3v) is 3.61. The first-order chi connectivity index (χ1) is 9.99. The highest BCUT2D eigenvalue weighted by atomic mass is 16.2. The second kappa shape index (κ2) is 6.57. The Kier molecular flexibility index (Phi) is 4.78. The normalized spacial score (nSPS) is 12.4. The Labute approximate surface area is 128 Å². The lowest BCUT2D eigenvalue weighted by atomic mass is 10.0. The highest BCUT2D eigenvalue weighted by Crippen LogP contribution is 2.21. The second-order valence-electron chi connectivity index (χ2n) is 5.71. The molecule has 116 valence electrons. The summed E-state index contributed by atoms with van der Waals surface area (Å²) in [5.74, 6) is 1.06. The first-order valence-corrected chi connectivity index (χ1v) is 7.47. The molecule has 1 aromatic carbocycles. The summed E-state index contributed by atoms with van der Waals surface area (Å²) in [6, 6.07) is 10.0. The Morgan fingerprint density at radius 1 is 1.24 bits per heavy atom. The lowest BCUT2D eigenvalue weighted by molar-refractivity contribution is 0.249. The molecule has 1 atom stereocenters. The Hall–Kier alpha value is -2.10. The van der Waals surface area contributed by atoms with E-state index in [1.54, 1.807) is 0 Å². The van der Waals surface area contributed by atoms with Gasteiger partial charge < -0.3 is 5.32 Å². The van der Waals surface area contributed by atoms with Crippen molar-refractivity contribution in [2.45, 2.75) is 46.1 Å². The molecule has 2 amide bonds. The van der Waals surface area contributed by atoms with Gasteiger partial charge in [0.1, 0.15) is 5.82 Å². The second-order valence-corrected chi connectivity index (χ2v) is 5.71. The molecule has 0 radical (unpaired) electrons. The number of aromatic nitrogens is 1. The van der Waals surface area contributed by atoms with E-state index in [-0.39, 0.29) is 14.9 Å². The highest BCUT2D eigenvalue weighted by molar-refractivity contribution is 5.90. The summed E-state index contributed by atoms with van der Waals surface area (Å²) in [7, 11) is 0. The number of carbonyl (C=O) groups excluding carboxylic acids is 1. The van der Waals surface area contributed by atoms with Crippen molar-refractivity contribution in [1.82, 2.24) is 10.3 Å². The number of urea groups is 1. The summed E-state index contributed by atoms with van der Waals surface area (Å²) < 4.78 is 0. The number of carbonyl (C=O) groups is 1. The molecule has 4 heteroatoms. The zero-order chi connectivity index (χ0) is 15.4. The number of nitrogens with one attached hydrogen (secondary N) is 2. The predicted octanol–water partition coefficient (Wildman–Crippen LogP) is 4.77. The van der Waals surface area contributed by atoms with Gasteiger partial charge in [0.05, 0.1) is 5.52 Å². The van der Waals surface area contributed by atoms with Crippen molar-refractivity contribution >= 4 is 22.8 Å². The number of hydrogen-bond donors (Lipinski definition) is 2. The first-order valence-electron chi connectivity index (χ1n) is 7.47. The molecule has 0 bridgehead atoms. The van der Waals surface area contributed by atoms with E-state index >= 15 is 0 Å². The van der Waals surface area contributed by atoms with Crippen molar-refractivity contribution in [3.8, 4) is 0 Å². The van der Waals surface area contributed by atoms with Crippen LogP contribution >= 0.6 is 0 Å². The van der Waals surface area contributed by atoms with Gasteiger partial charge in [-0.3, -0.25) is 5.32 Å². The van der Waals surface area contributed by atoms with Crippen LogP contribution in [0.5, 0.6) is 0 Å². The lowest BCUT2D eigenvalue weighted by Gasteiger charge is -2.12. The molecular formula is C17H27N3O. The number of fused-ring (bicyclic) bond motifs is 1. The number of amides is 2. The summed E-state index contributed by atoms with van der Waals surface area (Å²) in [5, 5.41) is 6.73. The summed E-state index contributed by atoms with van der Waals surface area (Å²) in [6.07, 6.45) is 0.899. The average molecular weight is 289 g/mol. The molecule has 0 aliphatic rings. The Bertz CT molecular complexity index is 647. The third-order valence-electron chi connectivity index (χ3n) is 3.61. The van der Waals surface area contributed by atoms with Crippen LogP contribution in [0.4, 0.5) is 10.6 Å². The van der Waals surface area contributed by atoms with E-state index in [2.05, 4.69) is 41.6 Å². The van der Waals surface area contributed by atoms with E-state index in [0.717, 1.165) is 17.3 Å². The molecular weight excluding hydrogens is 262 g/mol. The van der Waals surface area contributed by atoms with Crippen molar-refractivity contribution in [2.75, 3.05) is 5.32 Å². The van der Waals surface area contributed by atoms with Gasteiger partial charge in [-0.25, -0.2) is 9.78 Å². The van der Waals surface area contributed by atoms with Crippen LogP contribution in [0, 0.1) is 0 Å². The van der Waals surface area contributed by atoms with Crippen LogP contribution in [0.15, 0.2) is 30.3 Å². The highest BCUT2D eigenvalue weighted by Gasteiger charge is 2.07. The SMILES string of the molecule is CCC(C)NC(=O)Nc1ccc2cc(C(C)C)ccc2n1.[HH].[HH]. The quantitative estimate of drug-likeness (QED) is 0.851. The van der Waals surface area contributed by atoms with Crippen LogP contribution in [0.25, 0.3) is 10.9 Å². The average Bonchev–Trinajstić information content (AvgIpc) is 2.46. The molecule has 1 unspecified atom stereocenters. The molecule has 0 aliphatic heterocycles. The molecule has 0 spiro atoms. The van der Waals surface area contributed by atoms with Gasteiger partial charge in [0, 0.05) is 14.3 Å². The van der Waals surface area contributed by atoms with Gasteiger partial charge in [0.25, 0.3) is 0 Å². The molecule has 0 saturated heterocycles. The molecule has 2 rings (SSSR count). The fourth-order valence-corrected chi connectivity index (χ4v) is 2.05. The van der Waals surface area contributed by atoms with E-state index in [9.17, 15) is 4.79 Å². The van der Waals surface area contributed by atoms with Crippen LogP contribution in [0.3, 0.4) is 0 Å². The van der Waals surface area contributed by atoms with Crippen LogP contribution in [-0.2, 0) is 0 Å². The Morgan fingerprint density at radius 3 is 2.67 bits per heavy atom. The minimum Gasteiger partial charge on any atom is -0.335 e. The van der Waals surface area contributed by atoms with Gasteiger partial charge in [-0.05, 0) is 49.1 Å². The minimum absolute atomic E-state index is 0. The smallest absolute Gasteiger partial charge is 0.320 e. The zero-order valence-corrected chi connectivity index (χ0v) is 13.1. The van der Waals surface area contributed by atoms with E-state index in [1.165, 1.54) is 5.56 Å². The van der Waals surface area contributed by atoms with Gasteiger partial charge in [0.15, 0.2) is 0 Å².